The van der Waals surface area contributed by atoms with Crippen LogP contribution in [0.5, 0.6) is 0 Å². The van der Waals surface area contributed by atoms with E-state index < -0.39 is 103 Å². The third-order valence-corrected chi connectivity index (χ3v) is 13.5. The summed E-state index contributed by atoms with van der Waals surface area (Å²) in [5.74, 6) is -8.24. The number of cyclic esters (lactones) is 2. The van der Waals surface area contributed by atoms with Crippen LogP contribution in [0.25, 0.3) is 0 Å². The monoisotopic (exact) mass is 878 g/mol. The van der Waals surface area contributed by atoms with Gasteiger partial charge < -0.3 is 47.8 Å². The van der Waals surface area contributed by atoms with Crippen LogP contribution in [-0.4, -0.2) is 101 Å². The van der Waals surface area contributed by atoms with E-state index in [4.69, 9.17) is 37.6 Å². The summed E-state index contributed by atoms with van der Waals surface area (Å²) in [6.45, 7) is 7.23. The van der Waals surface area contributed by atoms with Crippen molar-refractivity contribution in [3.05, 3.63) is 48.6 Å². The second-order valence-electron chi connectivity index (χ2n) is 18.3. The van der Waals surface area contributed by atoms with Gasteiger partial charge in [0.05, 0.1) is 36.6 Å². The number of carbonyl (C=O) groups is 4. The molecule has 0 saturated carbocycles. The van der Waals surface area contributed by atoms with Crippen molar-refractivity contribution in [2.75, 3.05) is 0 Å². The number of ether oxygens (including phenoxy) is 4. The predicted molar refractivity (Wildman–Crippen MR) is 224 cm³/mol. The number of aliphatic hydroxyl groups is 2. The van der Waals surface area contributed by atoms with Crippen LogP contribution in [0.3, 0.4) is 0 Å². The van der Waals surface area contributed by atoms with Crippen molar-refractivity contribution >= 4 is 30.5 Å². The van der Waals surface area contributed by atoms with Gasteiger partial charge in [0.15, 0.2) is 23.8 Å². The zero-order valence-electron chi connectivity index (χ0n) is 37.8. The van der Waals surface area contributed by atoms with Gasteiger partial charge in [-0.15, -0.1) is 0 Å². The second-order valence-corrected chi connectivity index (χ2v) is 18.3. The number of fused-ring (bicyclic) bond motifs is 4. The quantitative estimate of drug-likeness (QED) is 0.267. The van der Waals surface area contributed by atoms with E-state index in [9.17, 15) is 29.4 Å². The molecule has 340 valence electrons. The molecule has 4 fully saturated rings. The standard InChI is InChI=1S/C46H68BO14.Na/c1-29-23-25-39-33(5)37(50)27-35(48)21-17-13-10-8-12-16-20-32(4)55-44(53)42-46-30(2)24-26-40(57-46)34(6)38(51)28-36(49)22-18-14-9-7-11-15-19-31(3)54-43(52)41-45(29,56-39)60-47(58-41,59-42)61-46;/h7-14,29-36,39-42,48-49H,15-28H2,1-6H3;/q-1;+1/b11-7-,12-8+,13-10-,14-9+;/t29-,30-,31+,32+,33-,34-,35+,36+,39+,40+,41+,42+,45+,46+,47?;/m1./s1. The van der Waals surface area contributed by atoms with Gasteiger partial charge in [0, 0.05) is 36.5 Å². The third-order valence-electron chi connectivity index (χ3n) is 13.5. The Hall–Kier alpha value is -2.02. The van der Waals surface area contributed by atoms with Gasteiger partial charge in [0.25, 0.3) is 0 Å². The summed E-state index contributed by atoms with van der Waals surface area (Å²) in [5, 5.41) is 21.7. The summed E-state index contributed by atoms with van der Waals surface area (Å²) in [6, 6.07) is 0. The number of ketones is 2. The van der Waals surface area contributed by atoms with Crippen molar-refractivity contribution in [2.45, 2.75) is 192 Å². The van der Waals surface area contributed by atoms with Gasteiger partial charge in [-0.1, -0.05) is 76.3 Å². The molecule has 4 saturated heterocycles. The third kappa shape index (κ3) is 11.9. The number of hydrogen-bond acceptors (Lipinski definition) is 14. The van der Waals surface area contributed by atoms with Crippen molar-refractivity contribution in [3.63, 3.8) is 0 Å². The summed E-state index contributed by atoms with van der Waals surface area (Å²) in [7, 11) is 0. The maximum absolute atomic E-state index is 14.5. The van der Waals surface area contributed by atoms with Gasteiger partial charge in [-0.25, -0.2) is 9.59 Å². The smallest absolute Gasteiger partial charge is 0.504 e. The number of esters is 2. The Kier molecular flexibility index (Phi) is 18.5. The summed E-state index contributed by atoms with van der Waals surface area (Å²) in [6.07, 6.45) is 13.6. The van der Waals surface area contributed by atoms with E-state index in [1.807, 2.05) is 62.5 Å². The van der Waals surface area contributed by atoms with Crippen molar-refractivity contribution in [1.29, 1.82) is 0 Å². The molecule has 15 atom stereocenters. The summed E-state index contributed by atoms with van der Waals surface area (Å²) >= 11 is 0. The largest absolute Gasteiger partial charge is 1.00 e. The Labute approximate surface area is 389 Å². The van der Waals surface area contributed by atoms with E-state index in [2.05, 4.69) is 0 Å². The normalized spacial score (nSPS) is 45.4. The number of hydrogen-bond donors (Lipinski definition) is 2. The molecule has 2 N–H and O–H groups in total. The maximum Gasteiger partial charge on any atom is 1.00 e. The molecule has 3 spiro atoms. The molecule has 0 aromatic heterocycles. The van der Waals surface area contributed by atoms with Gasteiger partial charge in [-0.3, -0.25) is 9.59 Å². The molecule has 14 nitrogen and oxygen atoms in total. The summed E-state index contributed by atoms with van der Waals surface area (Å²) in [4.78, 5) is 56.4. The molecule has 1 unspecified atom stereocenters. The van der Waals surface area contributed by atoms with Crippen molar-refractivity contribution in [2.24, 2.45) is 23.7 Å². The average molecular weight is 879 g/mol. The Morgan fingerprint density at radius 2 is 0.887 bits per heavy atom. The minimum absolute atomic E-state index is 0. The van der Waals surface area contributed by atoms with Crippen LogP contribution in [0.1, 0.15) is 131 Å². The van der Waals surface area contributed by atoms with Crippen molar-refractivity contribution in [1.82, 2.24) is 0 Å². The molecule has 62 heavy (non-hydrogen) atoms. The molecule has 0 aliphatic carbocycles. The van der Waals surface area contributed by atoms with Crippen LogP contribution in [0.15, 0.2) is 48.6 Å². The van der Waals surface area contributed by atoms with Crippen molar-refractivity contribution < 1.29 is 96.5 Å². The van der Waals surface area contributed by atoms with Crippen LogP contribution >= 0.6 is 0 Å². The molecule has 0 aromatic carbocycles. The summed E-state index contributed by atoms with van der Waals surface area (Å²) < 4.78 is 52.5. The fraction of sp³-hybridized carbons (Fsp3) is 0.739. The molecule has 7 bridgehead atoms. The molecule has 6 rings (SSSR count). The molecule has 0 aromatic rings. The van der Waals surface area contributed by atoms with E-state index >= 15 is 0 Å². The molecule has 16 heteroatoms. The maximum atomic E-state index is 14.5. The Morgan fingerprint density at radius 3 is 1.26 bits per heavy atom. The zero-order chi connectivity index (χ0) is 44.0. The van der Waals surface area contributed by atoms with Crippen LogP contribution < -0.4 is 29.6 Å². The molecule has 0 amide bonds. The molecule has 6 aliphatic heterocycles. The SMILES string of the molecule is C[C@@H]1C(=O)C[C@@H](O)CC/C=C\C=C\CC[C@H](C)OC(=O)[C@@H]2O[B-]34O[C@@H](C(=O)O[C@@H](C)CC/C=C\C=C\CC[C@H](O)CC(=O)[C@@H](C)[C@@H]5CC[C@@H](C)[C@]2(O5)O3)[C@@]2(O[C@H]1CC[C@H]2C)O4.[Na+]. The topological polar surface area (TPSA) is 183 Å². The van der Waals surface area contributed by atoms with Gasteiger partial charge in [-0.05, 0) is 90.9 Å². The van der Waals surface area contributed by atoms with E-state index in [1.165, 1.54) is 0 Å². The van der Waals surface area contributed by atoms with E-state index in [0.29, 0.717) is 77.0 Å². The zero-order valence-corrected chi connectivity index (χ0v) is 39.8. The van der Waals surface area contributed by atoms with Crippen LogP contribution in [0.4, 0.5) is 0 Å². The number of Topliss-reactive ketones (excluding diaryl/α,β-unsaturated/α-hetero) is 2. The molecule has 0 radical (unpaired) electrons. The van der Waals surface area contributed by atoms with Gasteiger partial charge in [0.1, 0.15) is 11.6 Å². The molecule has 6 aliphatic rings. The predicted octanol–water partition coefficient (Wildman–Crippen LogP) is 3.43. The Balaban J connectivity index is 0.00000726. The van der Waals surface area contributed by atoms with Crippen LogP contribution in [0, 0.1) is 23.7 Å². The minimum Gasteiger partial charge on any atom is -0.504 e. The second kappa shape index (κ2) is 22.5. The van der Waals surface area contributed by atoms with Gasteiger partial charge in [0.2, 0.25) is 0 Å². The Morgan fingerprint density at radius 1 is 0.532 bits per heavy atom. The first kappa shape index (κ1) is 51.0. The fourth-order valence-electron chi connectivity index (χ4n) is 9.42. The van der Waals surface area contributed by atoms with Gasteiger partial charge in [-0.2, -0.15) is 0 Å². The number of allylic oxidation sites excluding steroid dienone is 8. The van der Waals surface area contributed by atoms with Crippen LogP contribution in [0.2, 0.25) is 0 Å². The van der Waals surface area contributed by atoms with Crippen molar-refractivity contribution in [3.8, 4) is 0 Å². The van der Waals surface area contributed by atoms with Crippen LogP contribution in [-0.2, 0) is 56.7 Å². The molecular weight excluding hydrogens is 810 g/mol. The first-order chi connectivity index (χ1) is 29.1. The molecule has 6 heterocycles. The number of carbonyl (C=O) groups excluding carboxylic acids is 4. The van der Waals surface area contributed by atoms with E-state index in [-0.39, 0.29) is 54.0 Å². The molecular formula is C46H68BNaO14. The Bertz CT molecular complexity index is 1570. The summed E-state index contributed by atoms with van der Waals surface area (Å²) in [5.41, 5.74) is 0. The minimum atomic E-state index is -3.51. The van der Waals surface area contributed by atoms with E-state index in [1.54, 1.807) is 27.7 Å². The van der Waals surface area contributed by atoms with Gasteiger partial charge >= 0.3 is 48.5 Å². The average Bonchev–Trinajstić information content (AvgIpc) is 3.70. The first-order valence-electron chi connectivity index (χ1n) is 22.8. The number of rotatable bonds is 0. The fourth-order valence-corrected chi connectivity index (χ4v) is 9.42. The first-order valence-corrected chi connectivity index (χ1v) is 22.8. The van der Waals surface area contributed by atoms with E-state index in [0.717, 1.165) is 0 Å². The number of aliphatic hydroxyl groups excluding tert-OH is 2.